The van der Waals surface area contributed by atoms with Gasteiger partial charge in [0.25, 0.3) is 5.91 Å². The van der Waals surface area contributed by atoms with Gasteiger partial charge in [-0.1, -0.05) is 20.8 Å². The number of carbonyl (C=O) groups is 1. The third-order valence-electron chi connectivity index (χ3n) is 2.18. The lowest BCUT2D eigenvalue weighted by Crippen LogP contribution is -2.45. The van der Waals surface area contributed by atoms with Crippen molar-refractivity contribution in [2.24, 2.45) is 5.41 Å². The first-order valence-electron chi connectivity index (χ1n) is 5.63. The zero-order chi connectivity index (χ0) is 13.3. The van der Waals surface area contributed by atoms with Crippen LogP contribution in [-0.2, 0) is 0 Å². The monoisotopic (exact) mass is 255 g/mol. The summed E-state index contributed by atoms with van der Waals surface area (Å²) in [4.78, 5) is 15.9. The zero-order valence-electron chi connectivity index (χ0n) is 11.1. The van der Waals surface area contributed by atoms with Crippen LogP contribution in [-0.4, -0.2) is 16.4 Å². The molecule has 17 heavy (non-hydrogen) atoms. The second-order valence-corrected chi connectivity index (χ2v) is 7.04. The normalized spacial score (nSPS) is 12.5. The smallest absolute Gasteiger partial charge is 0.271 e. The molecule has 0 saturated heterocycles. The molecule has 1 rings (SSSR count). The van der Waals surface area contributed by atoms with E-state index in [9.17, 15) is 4.79 Å². The minimum absolute atomic E-state index is 0.160. The predicted molar refractivity (Wildman–Crippen MR) is 72.1 cm³/mol. The third kappa shape index (κ3) is 4.73. The lowest BCUT2D eigenvalue weighted by Gasteiger charge is -2.33. The van der Waals surface area contributed by atoms with Gasteiger partial charge >= 0.3 is 0 Å². The standard InChI is InChI=1S/C12H21N3OS/c1-11(2,3)7-12(4,5)15-9(16)8-6-17-10(13)14-8/h6H,7H2,1-5H3,(H2,13,14)(H,15,16). The molecular weight excluding hydrogens is 234 g/mol. The number of amides is 1. The van der Waals surface area contributed by atoms with Gasteiger partial charge in [-0.3, -0.25) is 4.79 Å². The summed E-state index contributed by atoms with van der Waals surface area (Å²) in [7, 11) is 0. The Hall–Kier alpha value is -1.10. The molecule has 1 aromatic heterocycles. The molecule has 1 heterocycles. The SMILES string of the molecule is CC(C)(C)CC(C)(C)NC(=O)c1csc(N)n1. The van der Waals surface area contributed by atoms with Gasteiger partial charge in [-0.05, 0) is 25.7 Å². The average molecular weight is 255 g/mol. The number of nitrogens with two attached hydrogens (primary N) is 1. The number of nitrogens with one attached hydrogen (secondary N) is 1. The molecule has 0 aliphatic rings. The van der Waals surface area contributed by atoms with E-state index in [-0.39, 0.29) is 16.9 Å². The van der Waals surface area contributed by atoms with E-state index >= 15 is 0 Å². The van der Waals surface area contributed by atoms with Gasteiger partial charge in [0.05, 0.1) is 0 Å². The van der Waals surface area contributed by atoms with Gasteiger partial charge in [0, 0.05) is 10.9 Å². The van der Waals surface area contributed by atoms with Crippen LogP contribution in [0.1, 0.15) is 51.5 Å². The first-order chi connectivity index (χ1) is 7.59. The summed E-state index contributed by atoms with van der Waals surface area (Å²) < 4.78 is 0. The number of nitrogens with zero attached hydrogens (tertiary/aromatic N) is 1. The van der Waals surface area contributed by atoms with Crippen LogP contribution in [0.15, 0.2) is 5.38 Å². The molecule has 3 N–H and O–H groups in total. The topological polar surface area (TPSA) is 68.0 Å². The predicted octanol–water partition coefficient (Wildman–Crippen LogP) is 2.67. The molecule has 0 aliphatic carbocycles. The molecule has 0 radical (unpaired) electrons. The minimum atomic E-state index is -0.256. The maximum absolute atomic E-state index is 11.9. The van der Waals surface area contributed by atoms with Crippen molar-refractivity contribution in [1.29, 1.82) is 0 Å². The van der Waals surface area contributed by atoms with Crippen LogP contribution in [0.25, 0.3) is 0 Å². The second-order valence-electron chi connectivity index (χ2n) is 6.15. The molecule has 96 valence electrons. The summed E-state index contributed by atoms with van der Waals surface area (Å²) in [6.45, 7) is 10.5. The Morgan fingerprint density at radius 1 is 1.41 bits per heavy atom. The minimum Gasteiger partial charge on any atom is -0.375 e. The number of carbonyl (C=O) groups excluding carboxylic acids is 1. The van der Waals surface area contributed by atoms with Crippen LogP contribution in [0.4, 0.5) is 5.13 Å². The third-order valence-corrected chi connectivity index (χ3v) is 2.85. The Morgan fingerprint density at radius 3 is 2.41 bits per heavy atom. The van der Waals surface area contributed by atoms with Crippen LogP contribution < -0.4 is 11.1 Å². The maximum Gasteiger partial charge on any atom is 0.271 e. The van der Waals surface area contributed by atoms with Crippen molar-refractivity contribution in [2.45, 2.75) is 46.6 Å². The Balaban J connectivity index is 2.68. The summed E-state index contributed by atoms with van der Waals surface area (Å²) in [5, 5.41) is 5.09. The van der Waals surface area contributed by atoms with E-state index in [1.54, 1.807) is 5.38 Å². The molecule has 0 spiro atoms. The van der Waals surface area contributed by atoms with Crippen molar-refractivity contribution in [3.63, 3.8) is 0 Å². The van der Waals surface area contributed by atoms with Crippen LogP contribution >= 0.6 is 11.3 Å². The largest absolute Gasteiger partial charge is 0.375 e. The number of anilines is 1. The summed E-state index contributed by atoms with van der Waals surface area (Å²) in [6.07, 6.45) is 0.894. The van der Waals surface area contributed by atoms with E-state index in [1.165, 1.54) is 11.3 Å². The molecule has 1 aromatic rings. The lowest BCUT2D eigenvalue weighted by molar-refractivity contribution is 0.0887. The van der Waals surface area contributed by atoms with Crippen LogP contribution in [0.2, 0.25) is 0 Å². The van der Waals surface area contributed by atoms with E-state index < -0.39 is 0 Å². The molecule has 0 aromatic carbocycles. The highest BCUT2D eigenvalue weighted by atomic mass is 32.1. The second kappa shape index (κ2) is 4.64. The maximum atomic E-state index is 11.9. The molecule has 0 bridgehead atoms. The van der Waals surface area contributed by atoms with Gasteiger partial charge in [-0.15, -0.1) is 11.3 Å². The highest BCUT2D eigenvalue weighted by Crippen LogP contribution is 2.27. The van der Waals surface area contributed by atoms with E-state index in [1.807, 2.05) is 13.8 Å². The van der Waals surface area contributed by atoms with E-state index in [0.717, 1.165) is 6.42 Å². The van der Waals surface area contributed by atoms with Gasteiger partial charge < -0.3 is 11.1 Å². The molecule has 5 heteroatoms. The fraction of sp³-hybridized carbons (Fsp3) is 0.667. The van der Waals surface area contributed by atoms with Crippen molar-refractivity contribution >= 4 is 22.4 Å². The van der Waals surface area contributed by atoms with Gasteiger partial charge in [0.15, 0.2) is 5.13 Å². The van der Waals surface area contributed by atoms with E-state index in [4.69, 9.17) is 5.73 Å². The molecule has 0 aliphatic heterocycles. The Labute approximate surface area is 107 Å². The molecule has 1 amide bonds. The number of aromatic nitrogens is 1. The number of hydrogen-bond donors (Lipinski definition) is 2. The zero-order valence-corrected chi connectivity index (χ0v) is 11.9. The number of nitrogen functional groups attached to an aromatic ring is 1. The van der Waals surface area contributed by atoms with Crippen LogP contribution in [0.3, 0.4) is 0 Å². The number of hydrogen-bond acceptors (Lipinski definition) is 4. The molecule has 0 fully saturated rings. The quantitative estimate of drug-likeness (QED) is 0.872. The Bertz CT molecular complexity index is 404. The van der Waals surface area contributed by atoms with Crippen molar-refractivity contribution in [3.05, 3.63) is 11.1 Å². The Morgan fingerprint density at radius 2 is 2.00 bits per heavy atom. The molecular formula is C12H21N3OS. The van der Waals surface area contributed by atoms with E-state index in [0.29, 0.717) is 10.8 Å². The first kappa shape index (κ1) is 14.0. The summed E-state index contributed by atoms with van der Waals surface area (Å²) >= 11 is 1.28. The van der Waals surface area contributed by atoms with Gasteiger partial charge in [-0.25, -0.2) is 4.98 Å². The summed E-state index contributed by atoms with van der Waals surface area (Å²) in [5.41, 5.74) is 5.82. The van der Waals surface area contributed by atoms with Gasteiger partial charge in [0.1, 0.15) is 5.69 Å². The summed E-state index contributed by atoms with van der Waals surface area (Å²) in [5.74, 6) is -0.160. The van der Waals surface area contributed by atoms with Gasteiger partial charge in [-0.2, -0.15) is 0 Å². The van der Waals surface area contributed by atoms with Crippen molar-refractivity contribution in [3.8, 4) is 0 Å². The van der Waals surface area contributed by atoms with Crippen molar-refractivity contribution in [2.75, 3.05) is 5.73 Å². The highest BCUT2D eigenvalue weighted by Gasteiger charge is 2.27. The molecule has 0 saturated carbocycles. The van der Waals surface area contributed by atoms with E-state index in [2.05, 4.69) is 31.1 Å². The number of rotatable bonds is 3. The Kier molecular flexibility index (Phi) is 3.81. The average Bonchev–Trinajstić information content (AvgIpc) is 2.45. The molecule has 0 unspecified atom stereocenters. The fourth-order valence-electron chi connectivity index (χ4n) is 2.13. The fourth-order valence-corrected chi connectivity index (χ4v) is 2.68. The summed E-state index contributed by atoms with van der Waals surface area (Å²) in [6, 6.07) is 0. The first-order valence-corrected chi connectivity index (χ1v) is 6.51. The molecule has 4 nitrogen and oxygen atoms in total. The lowest BCUT2D eigenvalue weighted by atomic mass is 9.82. The molecule has 0 atom stereocenters. The highest BCUT2D eigenvalue weighted by molar-refractivity contribution is 7.13. The number of thiazole rings is 1. The van der Waals surface area contributed by atoms with Gasteiger partial charge in [0.2, 0.25) is 0 Å². The van der Waals surface area contributed by atoms with Crippen molar-refractivity contribution < 1.29 is 4.79 Å². The van der Waals surface area contributed by atoms with Crippen molar-refractivity contribution in [1.82, 2.24) is 10.3 Å². The van der Waals surface area contributed by atoms with Crippen LogP contribution in [0, 0.1) is 5.41 Å². The van der Waals surface area contributed by atoms with Crippen LogP contribution in [0.5, 0.6) is 0 Å².